The first-order valence-corrected chi connectivity index (χ1v) is 21.3. The van der Waals surface area contributed by atoms with Crippen molar-refractivity contribution in [2.75, 3.05) is 40.9 Å². The lowest BCUT2D eigenvalue weighted by Crippen LogP contribution is -2.45. The van der Waals surface area contributed by atoms with Crippen LogP contribution in [0.2, 0.25) is 0 Å². The molecule has 8 nitrogen and oxygen atoms in total. The first-order chi connectivity index (χ1) is 23.5. The van der Waals surface area contributed by atoms with Crippen molar-refractivity contribution in [1.29, 1.82) is 0 Å². The van der Waals surface area contributed by atoms with Gasteiger partial charge in [0.15, 0.2) is 0 Å². The summed E-state index contributed by atoms with van der Waals surface area (Å²) in [4.78, 5) is 25.2. The summed E-state index contributed by atoms with van der Waals surface area (Å²) < 4.78 is 23.1. The van der Waals surface area contributed by atoms with Crippen LogP contribution in [0, 0.1) is 0 Å². The Morgan fingerprint density at radius 2 is 1.14 bits per heavy atom. The van der Waals surface area contributed by atoms with E-state index in [-0.39, 0.29) is 12.5 Å². The fraction of sp³-hybridized carbons (Fsp3) is 0.825. The first-order valence-electron chi connectivity index (χ1n) is 19.9. The van der Waals surface area contributed by atoms with E-state index in [0.717, 1.165) is 51.4 Å². The lowest BCUT2D eigenvalue weighted by Gasteiger charge is -2.29. The molecule has 1 amide bonds. The number of allylic oxidation sites excluding steroid dienone is 5. The van der Waals surface area contributed by atoms with Crippen LogP contribution >= 0.6 is 7.82 Å². The monoisotopic (exact) mass is 713 g/mol. The molecule has 0 saturated carbocycles. The summed E-state index contributed by atoms with van der Waals surface area (Å²) in [6, 6.07) is -0.903. The van der Waals surface area contributed by atoms with Gasteiger partial charge in [-0.25, -0.2) is 0 Å². The van der Waals surface area contributed by atoms with Crippen molar-refractivity contribution in [3.05, 3.63) is 36.5 Å². The molecule has 0 heterocycles. The van der Waals surface area contributed by atoms with Crippen molar-refractivity contribution in [3.63, 3.8) is 0 Å². The van der Waals surface area contributed by atoms with Gasteiger partial charge in [0.05, 0.1) is 39.9 Å². The van der Waals surface area contributed by atoms with Crippen LogP contribution in [0.3, 0.4) is 0 Å². The van der Waals surface area contributed by atoms with E-state index in [9.17, 15) is 19.4 Å². The predicted octanol–water partition coefficient (Wildman–Crippen LogP) is 9.72. The van der Waals surface area contributed by atoms with Gasteiger partial charge in [0, 0.05) is 6.42 Å². The molecular formula is C40H77N2O6P. The number of nitrogens with zero attached hydrogens (tertiary/aromatic N) is 1. The standard InChI is InChI=1S/C40H77N2O6P/c1-6-8-10-12-14-16-18-20-22-24-26-28-30-32-34-40(44)41-38(37-48-49(45,46)47-36-35-42(3,4)5)39(43)33-31-29-27-25-23-21-19-17-15-13-11-9-7-2/h15,17,23,25,31,33,38-39,43H,6-14,16,18-22,24,26-30,32,34-37H2,1-5H3,(H-,41,44,45,46)/b17-15+,25-23+,33-31+. The summed E-state index contributed by atoms with van der Waals surface area (Å²) >= 11 is 0. The van der Waals surface area contributed by atoms with Crippen molar-refractivity contribution in [2.45, 2.75) is 174 Å². The molecule has 0 aromatic heterocycles. The summed E-state index contributed by atoms with van der Waals surface area (Å²) in [6.07, 6.45) is 37.6. The summed E-state index contributed by atoms with van der Waals surface area (Å²) in [5.41, 5.74) is 0. The van der Waals surface area contributed by atoms with Crippen LogP contribution in [0.25, 0.3) is 0 Å². The van der Waals surface area contributed by atoms with E-state index in [1.807, 2.05) is 27.2 Å². The van der Waals surface area contributed by atoms with Crippen LogP contribution in [0.4, 0.5) is 0 Å². The molecule has 49 heavy (non-hydrogen) atoms. The summed E-state index contributed by atoms with van der Waals surface area (Å²) in [5.74, 6) is -0.214. The number of amides is 1. The second-order valence-corrected chi connectivity index (χ2v) is 16.0. The average molecular weight is 713 g/mol. The lowest BCUT2D eigenvalue weighted by molar-refractivity contribution is -0.870. The van der Waals surface area contributed by atoms with Crippen molar-refractivity contribution in [3.8, 4) is 0 Å². The minimum Gasteiger partial charge on any atom is -0.756 e. The van der Waals surface area contributed by atoms with Crippen LogP contribution in [0.1, 0.15) is 162 Å². The number of aliphatic hydroxyl groups excluding tert-OH is 1. The topological polar surface area (TPSA) is 108 Å². The number of carbonyl (C=O) groups is 1. The highest BCUT2D eigenvalue weighted by Gasteiger charge is 2.23. The van der Waals surface area contributed by atoms with Gasteiger partial charge < -0.3 is 28.8 Å². The Bertz CT molecular complexity index is 902. The molecule has 0 rings (SSSR count). The molecular weight excluding hydrogens is 635 g/mol. The van der Waals surface area contributed by atoms with E-state index in [0.29, 0.717) is 17.4 Å². The number of unbranched alkanes of at least 4 members (excludes halogenated alkanes) is 18. The highest BCUT2D eigenvalue weighted by molar-refractivity contribution is 7.45. The quantitative estimate of drug-likeness (QED) is 0.0293. The highest BCUT2D eigenvalue weighted by Crippen LogP contribution is 2.38. The van der Waals surface area contributed by atoms with E-state index in [1.165, 1.54) is 89.9 Å². The Morgan fingerprint density at radius 1 is 0.694 bits per heavy atom. The lowest BCUT2D eigenvalue weighted by atomic mass is 10.0. The zero-order valence-corrected chi connectivity index (χ0v) is 33.3. The van der Waals surface area contributed by atoms with Crippen molar-refractivity contribution in [1.82, 2.24) is 5.32 Å². The molecule has 0 bridgehead atoms. The van der Waals surface area contributed by atoms with E-state index >= 15 is 0 Å². The highest BCUT2D eigenvalue weighted by atomic mass is 31.2. The molecule has 0 aliphatic heterocycles. The molecule has 0 aromatic rings. The van der Waals surface area contributed by atoms with Gasteiger partial charge in [0.1, 0.15) is 13.2 Å². The average Bonchev–Trinajstić information content (AvgIpc) is 3.04. The van der Waals surface area contributed by atoms with Gasteiger partial charge in [-0.1, -0.05) is 147 Å². The number of rotatable bonds is 35. The molecule has 0 spiro atoms. The second kappa shape index (κ2) is 32.6. The maximum absolute atomic E-state index is 12.8. The molecule has 0 aliphatic rings. The normalized spacial score (nSPS) is 15.0. The van der Waals surface area contributed by atoms with Crippen LogP contribution in [-0.4, -0.2) is 68.5 Å². The Labute approximate surface area is 302 Å². The number of quaternary nitrogens is 1. The molecule has 0 radical (unpaired) electrons. The van der Waals surface area contributed by atoms with Crippen LogP contribution in [0.15, 0.2) is 36.5 Å². The number of carbonyl (C=O) groups excluding carboxylic acids is 1. The number of likely N-dealkylation sites (N-methyl/N-ethyl adjacent to an activating group) is 1. The van der Waals surface area contributed by atoms with Gasteiger partial charge in [-0.05, 0) is 44.9 Å². The summed E-state index contributed by atoms with van der Waals surface area (Å²) in [7, 11) is 1.23. The fourth-order valence-electron chi connectivity index (χ4n) is 5.36. The Hall–Kier alpha value is -1.28. The third-order valence-electron chi connectivity index (χ3n) is 8.58. The van der Waals surface area contributed by atoms with Crippen LogP contribution in [0.5, 0.6) is 0 Å². The first kappa shape index (κ1) is 47.7. The predicted molar refractivity (Wildman–Crippen MR) is 205 cm³/mol. The van der Waals surface area contributed by atoms with Crippen molar-refractivity contribution >= 4 is 13.7 Å². The Balaban J connectivity index is 4.57. The molecule has 0 aliphatic carbocycles. The SMILES string of the molecule is CCCCC/C=C/CC/C=C/CC/C=C/C(O)C(COP(=O)([O-])OCC[N+](C)(C)C)NC(=O)CCCCCCCCCCCCCCCC. The van der Waals surface area contributed by atoms with E-state index < -0.39 is 26.6 Å². The van der Waals surface area contributed by atoms with Gasteiger partial charge in [-0.3, -0.25) is 9.36 Å². The molecule has 3 unspecified atom stereocenters. The summed E-state index contributed by atoms with van der Waals surface area (Å²) in [6.45, 7) is 4.56. The smallest absolute Gasteiger partial charge is 0.268 e. The number of hydrogen-bond acceptors (Lipinski definition) is 6. The van der Waals surface area contributed by atoms with Gasteiger partial charge >= 0.3 is 0 Å². The maximum atomic E-state index is 12.8. The maximum Gasteiger partial charge on any atom is 0.268 e. The van der Waals surface area contributed by atoms with Crippen LogP contribution < -0.4 is 10.2 Å². The number of aliphatic hydroxyl groups is 1. The molecule has 3 atom stereocenters. The third-order valence-corrected chi connectivity index (χ3v) is 9.54. The van der Waals surface area contributed by atoms with Crippen LogP contribution in [-0.2, 0) is 18.4 Å². The van der Waals surface area contributed by atoms with Gasteiger partial charge in [0.2, 0.25) is 5.91 Å². The van der Waals surface area contributed by atoms with E-state index in [4.69, 9.17) is 9.05 Å². The molecule has 0 aromatic carbocycles. The summed E-state index contributed by atoms with van der Waals surface area (Å²) in [5, 5.41) is 13.7. The molecule has 0 fully saturated rings. The fourth-order valence-corrected chi connectivity index (χ4v) is 6.08. The minimum absolute atomic E-state index is 0.00829. The molecule has 288 valence electrons. The van der Waals surface area contributed by atoms with E-state index in [2.05, 4.69) is 43.5 Å². The van der Waals surface area contributed by atoms with E-state index in [1.54, 1.807) is 6.08 Å². The number of nitrogens with one attached hydrogen (secondary N) is 1. The molecule has 9 heteroatoms. The minimum atomic E-state index is -4.59. The Morgan fingerprint density at radius 3 is 1.65 bits per heavy atom. The molecule has 2 N–H and O–H groups in total. The van der Waals surface area contributed by atoms with Gasteiger partial charge in [-0.15, -0.1) is 0 Å². The molecule has 0 saturated heterocycles. The Kier molecular flexibility index (Phi) is 31.8. The zero-order chi connectivity index (χ0) is 36.5. The van der Waals surface area contributed by atoms with Crippen molar-refractivity contribution in [2.24, 2.45) is 0 Å². The number of phosphoric acid groups is 1. The van der Waals surface area contributed by atoms with Gasteiger partial charge in [0.25, 0.3) is 7.82 Å². The third kappa shape index (κ3) is 34.9. The van der Waals surface area contributed by atoms with Crippen molar-refractivity contribution < 1.29 is 32.9 Å². The van der Waals surface area contributed by atoms with Gasteiger partial charge in [-0.2, -0.15) is 0 Å². The number of phosphoric ester groups is 1. The largest absolute Gasteiger partial charge is 0.756 e. The number of hydrogen-bond donors (Lipinski definition) is 2. The zero-order valence-electron chi connectivity index (χ0n) is 32.4. The second-order valence-electron chi connectivity index (χ2n) is 14.6.